The van der Waals surface area contributed by atoms with Gasteiger partial charge < -0.3 is 64.5 Å². The van der Waals surface area contributed by atoms with Crippen LogP contribution in [-0.2, 0) is 33.3 Å². The van der Waals surface area contributed by atoms with Crippen LogP contribution in [0.25, 0.3) is 0 Å². The summed E-state index contributed by atoms with van der Waals surface area (Å²) in [5.74, 6) is -1.47. The first-order chi connectivity index (χ1) is 23.1. The number of carboxylic acid groups (broad SMARTS) is 1. The molecule has 2 heterocycles. The molecule has 15 nitrogen and oxygen atoms in total. The van der Waals surface area contributed by atoms with Crippen molar-refractivity contribution in [2.45, 2.75) is 139 Å². The summed E-state index contributed by atoms with van der Waals surface area (Å²) in [4.78, 5) is 24.5. The highest BCUT2D eigenvalue weighted by atomic mass is 16.8. The molecule has 15 heteroatoms. The number of hydrogen-bond acceptors (Lipinski definition) is 14. The second-order valence-electron chi connectivity index (χ2n) is 15.9. The molecule has 49 heavy (non-hydrogen) atoms. The summed E-state index contributed by atoms with van der Waals surface area (Å²) in [5, 5.41) is 81.9. The highest BCUT2D eigenvalue weighted by molar-refractivity contribution is 5.80. The number of aliphatic hydroxyl groups excluding tert-OH is 7. The Kier molecular flexibility index (Phi) is 10.1. The molecule has 2 bridgehead atoms. The smallest absolute Gasteiger partial charge is 0.341 e. The number of esters is 1. The fourth-order valence-electron chi connectivity index (χ4n) is 10.9. The minimum absolute atomic E-state index is 0.00658. The Balaban J connectivity index is 1.24. The average molecular weight is 701 g/mol. The summed E-state index contributed by atoms with van der Waals surface area (Å²) in [7, 11) is 0. The molecule has 6 rings (SSSR count). The third-order valence-electron chi connectivity index (χ3n) is 13.2. The van der Waals surface area contributed by atoms with Gasteiger partial charge in [-0.15, -0.1) is 0 Å². The molecule has 1 spiro atoms. The fraction of sp³-hybridized carbons (Fsp3) is 0.882. The molecule has 2 aliphatic heterocycles. The van der Waals surface area contributed by atoms with Crippen LogP contribution in [0.15, 0.2) is 12.2 Å². The number of carbonyl (C=O) groups excluding carboxylic acids is 1. The Morgan fingerprint density at radius 1 is 0.837 bits per heavy atom. The lowest BCUT2D eigenvalue weighted by molar-refractivity contribution is -0.378. The zero-order chi connectivity index (χ0) is 35.7. The summed E-state index contributed by atoms with van der Waals surface area (Å²) >= 11 is 0. The number of carboxylic acids is 1. The van der Waals surface area contributed by atoms with Crippen LogP contribution in [0, 0.1) is 28.1 Å². The van der Waals surface area contributed by atoms with Crippen molar-refractivity contribution in [1.82, 2.24) is 0 Å². The molecular formula is C34H52O15. The predicted molar refractivity (Wildman–Crippen MR) is 165 cm³/mol. The number of fused-ring (bicyclic) bond motifs is 3. The summed E-state index contributed by atoms with van der Waals surface area (Å²) < 4.78 is 29.5. The summed E-state index contributed by atoms with van der Waals surface area (Å²) in [6.07, 6.45) is -9.16. The maximum atomic E-state index is 13.4. The molecule has 6 aliphatic rings. The molecule has 16 atom stereocenters. The standard InChI is InChI=1S/C34H52O15/c1-16-11-33-9-5-19-31(2,7-4-8-32(19,3)30(44)45-14-21(37)38)20(33)6-10-34(16,15-33)49-29-27(25(42)23(40)18(13-36)47-29)48-28-26(43)24(41)22(39)17(12-35)46-28/h17-20,22-29,35-36,39-43H,1,4-15H2,2-3H3,(H,37,38)/t17-,18-,19-,20-,22+,23+,24-,25-,26-,27-,28-,29-,31+,32+,33+,34-/m0/s1. The summed E-state index contributed by atoms with van der Waals surface area (Å²) in [5.41, 5.74) is -1.37. The van der Waals surface area contributed by atoms with Crippen molar-refractivity contribution in [3.63, 3.8) is 0 Å². The number of aliphatic hydroxyl groups is 7. The molecular weight excluding hydrogens is 648 g/mol. The van der Waals surface area contributed by atoms with E-state index in [1.165, 1.54) is 0 Å². The van der Waals surface area contributed by atoms with E-state index >= 15 is 0 Å². The lowest BCUT2D eigenvalue weighted by atomic mass is 9.41. The van der Waals surface area contributed by atoms with Crippen molar-refractivity contribution in [2.24, 2.45) is 28.1 Å². The van der Waals surface area contributed by atoms with E-state index in [1.807, 2.05) is 6.92 Å². The van der Waals surface area contributed by atoms with Gasteiger partial charge in [0.2, 0.25) is 0 Å². The topological polar surface area (TPSA) is 242 Å². The zero-order valence-corrected chi connectivity index (χ0v) is 28.1. The molecule has 0 unspecified atom stereocenters. The summed E-state index contributed by atoms with van der Waals surface area (Å²) in [6, 6.07) is 0. The molecule has 4 saturated carbocycles. The van der Waals surface area contributed by atoms with Crippen molar-refractivity contribution in [3.8, 4) is 0 Å². The second kappa shape index (κ2) is 13.3. The van der Waals surface area contributed by atoms with E-state index in [-0.39, 0.29) is 22.7 Å². The molecule has 278 valence electrons. The molecule has 0 radical (unpaired) electrons. The van der Waals surface area contributed by atoms with E-state index in [0.29, 0.717) is 25.7 Å². The van der Waals surface area contributed by atoms with Crippen molar-refractivity contribution >= 4 is 11.9 Å². The van der Waals surface area contributed by atoms with Gasteiger partial charge in [-0.2, -0.15) is 0 Å². The van der Waals surface area contributed by atoms with E-state index in [2.05, 4.69) is 13.5 Å². The number of ether oxygens (including phenoxy) is 5. The van der Waals surface area contributed by atoms with Crippen molar-refractivity contribution < 1.29 is 74.1 Å². The Morgan fingerprint density at radius 3 is 2.12 bits per heavy atom. The van der Waals surface area contributed by atoms with Gasteiger partial charge in [-0.1, -0.05) is 19.9 Å². The van der Waals surface area contributed by atoms with Crippen LogP contribution < -0.4 is 0 Å². The first kappa shape index (κ1) is 37.0. The molecule has 0 aromatic rings. The Bertz CT molecular complexity index is 1280. The molecule has 0 aromatic carbocycles. The molecule has 8 N–H and O–H groups in total. The van der Waals surface area contributed by atoms with Gasteiger partial charge in [0.25, 0.3) is 0 Å². The molecule has 0 aromatic heterocycles. The van der Waals surface area contributed by atoms with Gasteiger partial charge in [0.1, 0.15) is 48.8 Å². The molecule has 6 fully saturated rings. The number of hydrogen-bond donors (Lipinski definition) is 8. The van der Waals surface area contributed by atoms with Crippen LogP contribution in [0.5, 0.6) is 0 Å². The normalized spacial score (nSPS) is 51.1. The van der Waals surface area contributed by atoms with Crippen molar-refractivity contribution in [3.05, 3.63) is 12.2 Å². The van der Waals surface area contributed by atoms with E-state index in [0.717, 1.165) is 37.7 Å². The Morgan fingerprint density at radius 2 is 1.47 bits per heavy atom. The van der Waals surface area contributed by atoms with Crippen molar-refractivity contribution in [2.75, 3.05) is 19.8 Å². The van der Waals surface area contributed by atoms with Crippen LogP contribution in [0.2, 0.25) is 0 Å². The third kappa shape index (κ3) is 5.96. The lowest BCUT2D eigenvalue weighted by Crippen LogP contribution is -2.65. The number of aliphatic carboxylic acids is 1. The van der Waals surface area contributed by atoms with Crippen LogP contribution >= 0.6 is 0 Å². The monoisotopic (exact) mass is 700 g/mol. The molecule has 4 aliphatic carbocycles. The average Bonchev–Trinajstić information content (AvgIpc) is 3.26. The van der Waals surface area contributed by atoms with Gasteiger partial charge in [-0.05, 0) is 86.5 Å². The maximum absolute atomic E-state index is 13.4. The first-order valence-corrected chi connectivity index (χ1v) is 17.4. The van der Waals surface area contributed by atoms with Crippen LogP contribution in [0.3, 0.4) is 0 Å². The predicted octanol–water partition coefficient (Wildman–Crippen LogP) is -0.653. The van der Waals surface area contributed by atoms with Crippen LogP contribution in [0.4, 0.5) is 0 Å². The minimum atomic E-state index is -1.78. The quantitative estimate of drug-likeness (QED) is 0.0847. The van der Waals surface area contributed by atoms with E-state index in [4.69, 9.17) is 28.8 Å². The zero-order valence-electron chi connectivity index (χ0n) is 28.1. The van der Waals surface area contributed by atoms with Crippen molar-refractivity contribution in [1.29, 1.82) is 0 Å². The van der Waals surface area contributed by atoms with Gasteiger partial charge >= 0.3 is 11.9 Å². The SMILES string of the molecule is C=C1C[C@@]23CC[C@H]4[C@@](C)(CCC[C@@]4(C)C(=O)OCC(=O)O)[C@@H]2CC[C@]1(O[C@@H]1O[C@@H](CO)[C@@H](O)[C@H](O)[C@@H]1O[C@@H]1O[C@@H](CO)[C@@H](O)[C@H](O)[C@@H]1O)C3. The van der Waals surface area contributed by atoms with E-state index in [1.54, 1.807) is 0 Å². The Hall–Kier alpha value is -1.76. The second-order valence-corrected chi connectivity index (χ2v) is 15.9. The van der Waals surface area contributed by atoms with Crippen LogP contribution in [0.1, 0.15) is 71.6 Å². The molecule has 0 amide bonds. The maximum Gasteiger partial charge on any atom is 0.341 e. The highest BCUT2D eigenvalue weighted by Gasteiger charge is 2.69. The van der Waals surface area contributed by atoms with Gasteiger partial charge in [-0.3, -0.25) is 4.79 Å². The van der Waals surface area contributed by atoms with Gasteiger partial charge in [0, 0.05) is 0 Å². The van der Waals surface area contributed by atoms with Gasteiger partial charge in [0.15, 0.2) is 19.2 Å². The highest BCUT2D eigenvalue weighted by Crippen LogP contribution is 2.73. The van der Waals surface area contributed by atoms with Crippen LogP contribution in [-0.4, -0.2) is 140 Å². The third-order valence-corrected chi connectivity index (χ3v) is 13.2. The minimum Gasteiger partial charge on any atom is -0.479 e. The first-order valence-electron chi connectivity index (χ1n) is 17.4. The van der Waals surface area contributed by atoms with Gasteiger partial charge in [0.05, 0.1) is 24.2 Å². The largest absolute Gasteiger partial charge is 0.479 e. The number of carbonyl (C=O) groups is 2. The lowest BCUT2D eigenvalue weighted by Gasteiger charge is -2.64. The number of rotatable bonds is 9. The molecule has 2 saturated heterocycles. The Labute approximate surface area is 284 Å². The van der Waals surface area contributed by atoms with E-state index in [9.17, 15) is 45.3 Å². The van der Waals surface area contributed by atoms with E-state index < -0.39 is 104 Å². The summed E-state index contributed by atoms with van der Waals surface area (Å²) in [6.45, 7) is 6.60. The fourth-order valence-corrected chi connectivity index (χ4v) is 10.9. The van der Waals surface area contributed by atoms with Gasteiger partial charge in [-0.25, -0.2) is 4.79 Å².